The number of benzene rings is 1. The van der Waals surface area contributed by atoms with Gasteiger partial charge in [0.2, 0.25) is 0 Å². The van der Waals surface area contributed by atoms with Crippen LogP contribution in [0.2, 0.25) is 0 Å². The zero-order valence-electron chi connectivity index (χ0n) is 9.99. The van der Waals surface area contributed by atoms with E-state index in [1.807, 2.05) is 13.8 Å². The van der Waals surface area contributed by atoms with E-state index in [1.165, 1.54) is 6.07 Å². The molecule has 1 aromatic carbocycles. The van der Waals surface area contributed by atoms with E-state index in [0.717, 1.165) is 12.6 Å². The van der Waals surface area contributed by atoms with Gasteiger partial charge in [-0.1, -0.05) is 19.9 Å². The maximum Gasteiger partial charge on any atom is 0.194 e. The van der Waals surface area contributed by atoms with Crippen LogP contribution in [0, 0.1) is 17.5 Å². The molecule has 5 heteroatoms. The van der Waals surface area contributed by atoms with Crippen molar-refractivity contribution in [2.24, 2.45) is 0 Å². The minimum absolute atomic E-state index is 0.133. The first-order valence-electron chi connectivity index (χ1n) is 5.59. The van der Waals surface area contributed by atoms with E-state index in [0.29, 0.717) is 12.6 Å². The van der Waals surface area contributed by atoms with Crippen LogP contribution in [0.1, 0.15) is 19.4 Å². The van der Waals surface area contributed by atoms with Crippen LogP contribution in [0.25, 0.3) is 0 Å². The topological polar surface area (TPSA) is 24.1 Å². The molecule has 0 heterocycles. The van der Waals surface area contributed by atoms with Crippen molar-refractivity contribution >= 4 is 0 Å². The monoisotopic (exact) mass is 246 g/mol. The summed E-state index contributed by atoms with van der Waals surface area (Å²) in [6.45, 7) is 5.60. The Morgan fingerprint density at radius 1 is 1.06 bits per heavy atom. The summed E-state index contributed by atoms with van der Waals surface area (Å²) in [4.78, 5) is 0. The molecule has 1 aromatic rings. The molecule has 0 saturated heterocycles. The fourth-order valence-corrected chi connectivity index (χ4v) is 1.37. The average Bonchev–Trinajstić information content (AvgIpc) is 2.28. The van der Waals surface area contributed by atoms with E-state index in [-0.39, 0.29) is 12.1 Å². The van der Waals surface area contributed by atoms with Crippen molar-refractivity contribution in [3.63, 3.8) is 0 Å². The molecule has 0 unspecified atom stereocenters. The Morgan fingerprint density at radius 2 is 1.76 bits per heavy atom. The molecule has 0 aliphatic rings. The predicted molar refractivity (Wildman–Crippen MR) is 61.2 cm³/mol. The fraction of sp³-hybridized carbons (Fsp3) is 0.500. The van der Waals surface area contributed by atoms with Gasteiger partial charge in [-0.3, -0.25) is 0 Å². The third kappa shape index (κ3) is 4.36. The van der Waals surface area contributed by atoms with Gasteiger partial charge in [0, 0.05) is 31.2 Å². The summed E-state index contributed by atoms with van der Waals surface area (Å²) in [7, 11) is 0. The van der Waals surface area contributed by atoms with Gasteiger partial charge in [-0.05, 0) is 6.07 Å². The lowest BCUT2D eigenvalue weighted by atomic mass is 10.2. The van der Waals surface area contributed by atoms with Gasteiger partial charge in [0.05, 0.1) is 0 Å². The molecule has 0 saturated carbocycles. The molecule has 0 fully saturated rings. The summed E-state index contributed by atoms with van der Waals surface area (Å²) in [5.74, 6) is -3.69. The first-order chi connectivity index (χ1) is 8.02. The molecular formula is C12H17F3N2. The molecule has 2 N–H and O–H groups in total. The lowest BCUT2D eigenvalue weighted by Gasteiger charge is -2.09. The summed E-state index contributed by atoms with van der Waals surface area (Å²) in [6, 6.07) is 2.56. The van der Waals surface area contributed by atoms with E-state index in [4.69, 9.17) is 0 Å². The number of hydrogen-bond acceptors (Lipinski definition) is 2. The van der Waals surface area contributed by atoms with Gasteiger partial charge in [-0.25, -0.2) is 13.2 Å². The molecule has 0 spiro atoms. The number of rotatable bonds is 6. The van der Waals surface area contributed by atoms with E-state index in [9.17, 15) is 13.2 Å². The van der Waals surface area contributed by atoms with Gasteiger partial charge in [0.1, 0.15) is 0 Å². The van der Waals surface area contributed by atoms with Crippen molar-refractivity contribution in [1.82, 2.24) is 10.6 Å². The maximum absolute atomic E-state index is 13.2. The van der Waals surface area contributed by atoms with Crippen LogP contribution in [0.5, 0.6) is 0 Å². The van der Waals surface area contributed by atoms with Crippen LogP contribution < -0.4 is 10.6 Å². The van der Waals surface area contributed by atoms with Gasteiger partial charge in [-0.2, -0.15) is 0 Å². The highest BCUT2D eigenvalue weighted by Gasteiger charge is 2.12. The standard InChI is InChI=1S/C12H17F3N2/c1-8(2)17-6-5-16-7-9-3-4-10(13)12(15)11(9)14/h3-4,8,16-17H,5-7H2,1-2H3. The SMILES string of the molecule is CC(C)NCCNCc1ccc(F)c(F)c1F. The van der Waals surface area contributed by atoms with Crippen LogP contribution in [0.15, 0.2) is 12.1 Å². The van der Waals surface area contributed by atoms with E-state index < -0.39 is 17.5 Å². The second-order valence-electron chi connectivity index (χ2n) is 4.12. The molecule has 96 valence electrons. The second kappa shape index (κ2) is 6.61. The number of nitrogens with one attached hydrogen (secondary N) is 2. The molecule has 0 atom stereocenters. The Labute approximate surface area is 99.2 Å². The number of halogens is 3. The van der Waals surface area contributed by atoms with Crippen molar-refractivity contribution in [2.75, 3.05) is 13.1 Å². The Bertz CT molecular complexity index is 367. The highest BCUT2D eigenvalue weighted by molar-refractivity contribution is 5.20. The van der Waals surface area contributed by atoms with Gasteiger partial charge in [0.15, 0.2) is 17.5 Å². The molecule has 17 heavy (non-hydrogen) atoms. The zero-order valence-corrected chi connectivity index (χ0v) is 9.99. The third-order valence-electron chi connectivity index (χ3n) is 2.28. The minimum Gasteiger partial charge on any atom is -0.313 e. The molecular weight excluding hydrogens is 229 g/mol. The Balaban J connectivity index is 2.40. The summed E-state index contributed by atoms with van der Waals surface area (Å²) in [5.41, 5.74) is 0.133. The van der Waals surface area contributed by atoms with Crippen LogP contribution in [-0.4, -0.2) is 19.1 Å². The average molecular weight is 246 g/mol. The summed E-state index contributed by atoms with van der Waals surface area (Å²) < 4.78 is 38.8. The fourth-order valence-electron chi connectivity index (χ4n) is 1.37. The molecule has 2 nitrogen and oxygen atoms in total. The summed E-state index contributed by atoms with van der Waals surface area (Å²) in [6.07, 6.45) is 0. The van der Waals surface area contributed by atoms with E-state index in [1.54, 1.807) is 0 Å². The smallest absolute Gasteiger partial charge is 0.194 e. The normalized spacial score (nSPS) is 11.2. The van der Waals surface area contributed by atoms with Gasteiger partial charge < -0.3 is 10.6 Å². The van der Waals surface area contributed by atoms with Crippen LogP contribution in [0.4, 0.5) is 13.2 Å². The molecule has 0 aromatic heterocycles. The lowest BCUT2D eigenvalue weighted by Crippen LogP contribution is -2.31. The lowest BCUT2D eigenvalue weighted by molar-refractivity contribution is 0.437. The van der Waals surface area contributed by atoms with Gasteiger partial charge in [-0.15, -0.1) is 0 Å². The third-order valence-corrected chi connectivity index (χ3v) is 2.28. The number of hydrogen-bond donors (Lipinski definition) is 2. The van der Waals surface area contributed by atoms with Gasteiger partial charge in [0.25, 0.3) is 0 Å². The highest BCUT2D eigenvalue weighted by Crippen LogP contribution is 2.14. The van der Waals surface area contributed by atoms with E-state index >= 15 is 0 Å². The molecule has 0 radical (unpaired) electrons. The molecule has 0 aliphatic heterocycles. The molecule has 0 aliphatic carbocycles. The van der Waals surface area contributed by atoms with Crippen molar-refractivity contribution in [3.8, 4) is 0 Å². The largest absolute Gasteiger partial charge is 0.313 e. The van der Waals surface area contributed by atoms with E-state index in [2.05, 4.69) is 10.6 Å². The Kier molecular flexibility index (Phi) is 5.44. The van der Waals surface area contributed by atoms with Crippen LogP contribution in [0.3, 0.4) is 0 Å². The predicted octanol–water partition coefficient (Wildman–Crippen LogP) is 2.19. The quantitative estimate of drug-likeness (QED) is 0.594. The van der Waals surface area contributed by atoms with Crippen molar-refractivity contribution in [2.45, 2.75) is 26.4 Å². The second-order valence-corrected chi connectivity index (χ2v) is 4.12. The maximum atomic E-state index is 13.2. The molecule has 0 amide bonds. The summed E-state index contributed by atoms with van der Waals surface area (Å²) >= 11 is 0. The first-order valence-corrected chi connectivity index (χ1v) is 5.59. The summed E-state index contributed by atoms with van der Waals surface area (Å²) in [5, 5.41) is 6.13. The van der Waals surface area contributed by atoms with Crippen LogP contribution in [-0.2, 0) is 6.54 Å². The minimum atomic E-state index is -1.41. The van der Waals surface area contributed by atoms with Crippen LogP contribution >= 0.6 is 0 Å². The molecule has 1 rings (SSSR count). The zero-order chi connectivity index (χ0) is 12.8. The van der Waals surface area contributed by atoms with Crippen molar-refractivity contribution < 1.29 is 13.2 Å². The highest BCUT2D eigenvalue weighted by atomic mass is 19.2. The van der Waals surface area contributed by atoms with Gasteiger partial charge >= 0.3 is 0 Å². The Hall–Kier alpha value is -1.07. The Morgan fingerprint density at radius 3 is 2.41 bits per heavy atom. The van der Waals surface area contributed by atoms with Crippen molar-refractivity contribution in [1.29, 1.82) is 0 Å². The molecule has 0 bridgehead atoms. The van der Waals surface area contributed by atoms with Crippen molar-refractivity contribution in [3.05, 3.63) is 35.1 Å². The first kappa shape index (κ1) is 14.0.